The highest BCUT2D eigenvalue weighted by molar-refractivity contribution is 6.17. The normalized spacial score (nSPS) is 17.4. The molecule has 5 N–H and O–H groups in total. The number of carbonyl (C=O) groups is 4. The van der Waals surface area contributed by atoms with E-state index in [-0.39, 0.29) is 23.9 Å². The van der Waals surface area contributed by atoms with Crippen LogP contribution in [0.2, 0.25) is 0 Å². The van der Waals surface area contributed by atoms with Crippen LogP contribution in [0.5, 0.6) is 0 Å². The molecule has 2 aromatic heterocycles. The van der Waals surface area contributed by atoms with Crippen molar-refractivity contribution in [3.8, 4) is 11.1 Å². The minimum atomic E-state index is -4.58. The number of pyridine rings is 1. The van der Waals surface area contributed by atoms with Crippen molar-refractivity contribution in [1.82, 2.24) is 25.8 Å². The van der Waals surface area contributed by atoms with Gasteiger partial charge >= 0.3 is 12.3 Å². The maximum Gasteiger partial charge on any atom is 0.408 e. The Balaban J connectivity index is 1.26. The second kappa shape index (κ2) is 16.4. The van der Waals surface area contributed by atoms with E-state index in [1.165, 1.54) is 11.0 Å². The Bertz CT molecular complexity index is 1980. The number of fused-ring (bicyclic) bond motifs is 1. The van der Waals surface area contributed by atoms with Crippen molar-refractivity contribution in [2.24, 2.45) is 17.6 Å². The molecule has 2 heterocycles. The number of ether oxygens (including phenoxy) is 1. The van der Waals surface area contributed by atoms with Gasteiger partial charge in [0.25, 0.3) is 11.8 Å². The van der Waals surface area contributed by atoms with Gasteiger partial charge in [-0.15, -0.1) is 0 Å². The lowest BCUT2D eigenvalue weighted by atomic mass is 9.81. The first-order chi connectivity index (χ1) is 25.4. The van der Waals surface area contributed by atoms with E-state index >= 15 is 0 Å². The molecule has 1 aliphatic rings. The number of nitrogens with zero attached hydrogens (tertiary/aromatic N) is 3. The third-order valence-electron chi connectivity index (χ3n) is 9.45. The molecular weight excluding hydrogens is 703 g/mol. The van der Waals surface area contributed by atoms with Crippen molar-refractivity contribution in [3.05, 3.63) is 77.7 Å². The van der Waals surface area contributed by atoms with E-state index in [1.807, 2.05) is 5.32 Å². The lowest BCUT2D eigenvalue weighted by molar-refractivity contribution is -0.149. The van der Waals surface area contributed by atoms with Crippen LogP contribution in [0.15, 0.2) is 60.8 Å². The predicted octanol–water partition coefficient (Wildman–Crippen LogP) is 6.37. The molecular formula is C39H46F3N7O5. The summed E-state index contributed by atoms with van der Waals surface area (Å²) in [5, 5.41) is 12.5. The number of imide groups is 1. The number of carbonyl (C=O) groups excluding carboxylic acids is 4. The fourth-order valence-corrected chi connectivity index (χ4v) is 6.44. The number of hydrogen-bond acceptors (Lipinski definition) is 8. The topological polar surface area (TPSA) is 172 Å². The number of nitrogens with two attached hydrogens (primary N) is 1. The fourth-order valence-electron chi connectivity index (χ4n) is 6.44. The highest BCUT2D eigenvalue weighted by atomic mass is 19.4. The summed E-state index contributed by atoms with van der Waals surface area (Å²) in [5.41, 5.74) is 9.41. The van der Waals surface area contributed by atoms with E-state index in [0.717, 1.165) is 23.4 Å². The van der Waals surface area contributed by atoms with Crippen LogP contribution in [-0.2, 0) is 20.7 Å². The number of nitrogens with one attached hydrogen (secondary N) is 3. The van der Waals surface area contributed by atoms with Crippen LogP contribution in [0, 0.1) is 18.8 Å². The zero-order chi connectivity index (χ0) is 39.4. The summed E-state index contributed by atoms with van der Waals surface area (Å²) in [5.74, 6) is -2.07. The monoisotopic (exact) mass is 749 g/mol. The maximum atomic E-state index is 14.1. The second-order valence-corrected chi connectivity index (χ2v) is 14.8. The van der Waals surface area contributed by atoms with Gasteiger partial charge in [-0.3, -0.25) is 19.5 Å². The van der Waals surface area contributed by atoms with E-state index in [9.17, 15) is 32.3 Å². The minimum absolute atomic E-state index is 0.131. The molecule has 1 fully saturated rings. The largest absolute Gasteiger partial charge is 0.444 e. The van der Waals surface area contributed by atoms with Gasteiger partial charge in [0.2, 0.25) is 5.91 Å². The highest BCUT2D eigenvalue weighted by Crippen LogP contribution is 2.33. The molecule has 0 aliphatic heterocycles. The van der Waals surface area contributed by atoms with Gasteiger partial charge in [-0.2, -0.15) is 18.3 Å². The third-order valence-corrected chi connectivity index (χ3v) is 9.45. The van der Waals surface area contributed by atoms with Crippen molar-refractivity contribution in [3.63, 3.8) is 0 Å². The fraction of sp³-hybridized carbons (Fsp3) is 0.436. The lowest BCUT2D eigenvalue weighted by Gasteiger charge is -2.32. The van der Waals surface area contributed by atoms with Gasteiger partial charge < -0.3 is 21.1 Å². The number of amides is 4. The molecule has 0 radical (unpaired) electrons. The van der Waals surface area contributed by atoms with Crippen LogP contribution in [0.4, 0.5) is 23.7 Å². The summed E-state index contributed by atoms with van der Waals surface area (Å²) < 4.78 is 44.1. The quantitative estimate of drug-likeness (QED) is 0.145. The first-order valence-corrected chi connectivity index (χ1v) is 17.9. The number of H-pyrrole nitrogens is 1. The summed E-state index contributed by atoms with van der Waals surface area (Å²) in [7, 11) is 0. The Morgan fingerprint density at radius 3 is 2.31 bits per heavy atom. The molecule has 54 heavy (non-hydrogen) atoms. The van der Waals surface area contributed by atoms with Gasteiger partial charge in [0.15, 0.2) is 0 Å². The summed E-state index contributed by atoms with van der Waals surface area (Å²) >= 11 is 0. The third kappa shape index (κ3) is 10.0. The number of benzene rings is 2. The predicted molar refractivity (Wildman–Crippen MR) is 197 cm³/mol. The number of anilines is 1. The molecule has 288 valence electrons. The molecule has 1 saturated carbocycles. The van der Waals surface area contributed by atoms with Gasteiger partial charge in [-0.25, -0.2) is 14.7 Å². The Morgan fingerprint density at radius 2 is 1.69 bits per heavy atom. The summed E-state index contributed by atoms with van der Waals surface area (Å²) in [6.07, 6.45) is -0.822. The minimum Gasteiger partial charge on any atom is -0.444 e. The van der Waals surface area contributed by atoms with E-state index in [2.05, 4.69) is 20.5 Å². The SMILES string of the molecule is Cc1nc(C(=O)NC(C)C(F)(F)F)ccc1-c1ccc(C[C@H](N)C(=O)N(C(=O)C2CCC(CNC(=O)OC(C)(C)C)CC2)c2ccc3cn[nH]c3c2)cc1. The molecule has 1 aliphatic carbocycles. The Kier molecular flexibility index (Phi) is 12.1. The van der Waals surface area contributed by atoms with Crippen LogP contribution >= 0.6 is 0 Å². The average molecular weight is 750 g/mol. The number of alkyl halides is 3. The van der Waals surface area contributed by atoms with Crippen molar-refractivity contribution < 1.29 is 37.1 Å². The van der Waals surface area contributed by atoms with Crippen molar-refractivity contribution in [2.75, 3.05) is 11.4 Å². The second-order valence-electron chi connectivity index (χ2n) is 14.8. The van der Waals surface area contributed by atoms with E-state index in [4.69, 9.17) is 10.5 Å². The van der Waals surface area contributed by atoms with Crippen molar-refractivity contribution in [1.29, 1.82) is 0 Å². The Morgan fingerprint density at radius 1 is 1.00 bits per heavy atom. The molecule has 0 bridgehead atoms. The van der Waals surface area contributed by atoms with Gasteiger partial charge in [0, 0.05) is 29.1 Å². The molecule has 2 aromatic carbocycles. The van der Waals surface area contributed by atoms with E-state index < -0.39 is 47.7 Å². The number of hydrogen-bond donors (Lipinski definition) is 4. The van der Waals surface area contributed by atoms with Gasteiger partial charge in [0.05, 0.1) is 23.4 Å². The van der Waals surface area contributed by atoms with Crippen LogP contribution in [0.1, 0.15) is 75.1 Å². The lowest BCUT2D eigenvalue weighted by Crippen LogP contribution is -2.50. The molecule has 5 rings (SSSR count). The summed E-state index contributed by atoms with van der Waals surface area (Å²) in [4.78, 5) is 58.2. The molecule has 4 aromatic rings. The van der Waals surface area contributed by atoms with Crippen molar-refractivity contribution in [2.45, 2.75) is 90.6 Å². The Hall–Kier alpha value is -5.31. The van der Waals surface area contributed by atoms with Gasteiger partial charge in [0.1, 0.15) is 17.3 Å². The number of alkyl carbamates (subject to hydrolysis) is 1. The first kappa shape index (κ1) is 39.9. The zero-order valence-corrected chi connectivity index (χ0v) is 30.9. The summed E-state index contributed by atoms with van der Waals surface area (Å²) in [6.45, 7) is 8.34. The van der Waals surface area contributed by atoms with Crippen LogP contribution in [0.3, 0.4) is 0 Å². The molecule has 0 saturated heterocycles. The molecule has 4 amide bonds. The van der Waals surface area contributed by atoms with Crippen molar-refractivity contribution >= 4 is 40.4 Å². The number of halogens is 3. The Labute approximate surface area is 311 Å². The van der Waals surface area contributed by atoms with E-state index in [0.29, 0.717) is 54.7 Å². The molecule has 12 nitrogen and oxygen atoms in total. The number of aromatic nitrogens is 3. The van der Waals surface area contributed by atoms with Gasteiger partial charge in [-0.1, -0.05) is 30.3 Å². The zero-order valence-electron chi connectivity index (χ0n) is 30.9. The maximum absolute atomic E-state index is 14.1. The smallest absolute Gasteiger partial charge is 0.408 e. The molecule has 0 spiro atoms. The highest BCUT2D eigenvalue weighted by Gasteiger charge is 2.38. The van der Waals surface area contributed by atoms with Crippen LogP contribution in [-0.4, -0.2) is 69.4 Å². The summed E-state index contributed by atoms with van der Waals surface area (Å²) in [6, 6.07) is 12.3. The first-order valence-electron chi connectivity index (χ1n) is 17.9. The van der Waals surface area contributed by atoms with E-state index in [1.54, 1.807) is 82.4 Å². The average Bonchev–Trinajstić information content (AvgIpc) is 3.58. The number of rotatable bonds is 10. The number of aryl methyl sites for hydroxylation is 1. The van der Waals surface area contributed by atoms with Crippen LogP contribution < -0.4 is 21.3 Å². The van der Waals surface area contributed by atoms with Gasteiger partial charge in [-0.05, 0) is 108 Å². The molecule has 2 atom stereocenters. The van der Waals surface area contributed by atoms with Crippen LogP contribution in [0.25, 0.3) is 22.0 Å². The molecule has 1 unspecified atom stereocenters. The standard InChI is InChI=1S/C39H46F3N7O5/c1-22-30(16-17-32(46-22)34(50)47-23(2)39(40,41)42)26-10-6-24(7-11-26)18-31(43)36(52)49(29-15-14-28-21-45-48-33(28)19-29)35(51)27-12-8-25(9-13-27)20-44-37(53)54-38(3,4)5/h6-7,10-11,14-17,19,21,23,25,27,31H,8-9,12-13,18,20,43H2,1-5H3,(H,44,53)(H,45,48)(H,47,50)/t23?,25?,27?,31-/m0/s1. The number of aromatic amines is 1. The molecule has 15 heteroatoms.